The number of rotatable bonds is 7. The Bertz CT molecular complexity index is 725. The van der Waals surface area contributed by atoms with E-state index in [0.717, 1.165) is 11.1 Å². The zero-order valence-electron chi connectivity index (χ0n) is 15.5. The van der Waals surface area contributed by atoms with Crippen LogP contribution in [-0.4, -0.2) is 37.5 Å². The number of benzene rings is 2. The second-order valence-electron chi connectivity index (χ2n) is 6.30. The molecule has 5 nitrogen and oxygen atoms in total. The van der Waals surface area contributed by atoms with Gasteiger partial charge in [-0.25, -0.2) is 4.39 Å². The number of nitrogens with zero attached hydrogens (tertiary/aromatic N) is 1. The summed E-state index contributed by atoms with van der Waals surface area (Å²) < 4.78 is 32.4. The molecule has 144 valence electrons. The molecule has 0 bridgehead atoms. The number of halogens is 1. The maximum Gasteiger partial charge on any atom is 0.192 e. The lowest BCUT2D eigenvalue weighted by Crippen LogP contribution is -2.54. The molecular weight excluding hydrogens is 349 g/mol. The third kappa shape index (κ3) is 5.13. The van der Waals surface area contributed by atoms with E-state index in [4.69, 9.17) is 19.0 Å². The van der Waals surface area contributed by atoms with E-state index in [1.165, 1.54) is 7.11 Å². The van der Waals surface area contributed by atoms with Gasteiger partial charge in [-0.1, -0.05) is 65.8 Å². The van der Waals surface area contributed by atoms with Crippen LogP contribution in [0, 0.1) is 0 Å². The fraction of sp³-hybridized carbons (Fsp3) is 0.381. The molecule has 1 heterocycles. The quantitative estimate of drug-likeness (QED) is 0.691. The average Bonchev–Trinajstić information content (AvgIpc) is 2.71. The SMILES string of the molecule is CO/N=C1\C(C)OC(OCc2ccccc2)C(F)C1OCc1ccccc1. The third-order valence-corrected chi connectivity index (χ3v) is 4.32. The van der Waals surface area contributed by atoms with Crippen molar-refractivity contribution >= 4 is 5.71 Å². The van der Waals surface area contributed by atoms with Crippen molar-refractivity contribution in [2.75, 3.05) is 7.11 Å². The molecule has 3 rings (SSSR count). The van der Waals surface area contributed by atoms with E-state index in [0.29, 0.717) is 5.71 Å². The highest BCUT2D eigenvalue weighted by molar-refractivity contribution is 5.93. The first-order valence-electron chi connectivity index (χ1n) is 8.90. The zero-order valence-corrected chi connectivity index (χ0v) is 15.5. The molecule has 6 heteroatoms. The second-order valence-corrected chi connectivity index (χ2v) is 6.30. The summed E-state index contributed by atoms with van der Waals surface area (Å²) in [5, 5.41) is 3.93. The first kappa shape index (κ1) is 19.5. The molecule has 2 aromatic carbocycles. The minimum absolute atomic E-state index is 0.251. The molecule has 0 aliphatic carbocycles. The largest absolute Gasteiger partial charge is 0.399 e. The smallest absolute Gasteiger partial charge is 0.192 e. The van der Waals surface area contributed by atoms with Gasteiger partial charge in [0.25, 0.3) is 0 Å². The van der Waals surface area contributed by atoms with Gasteiger partial charge < -0.3 is 19.0 Å². The first-order valence-corrected chi connectivity index (χ1v) is 8.90. The molecule has 27 heavy (non-hydrogen) atoms. The Morgan fingerprint density at radius 3 is 2.04 bits per heavy atom. The van der Waals surface area contributed by atoms with Crippen molar-refractivity contribution in [1.29, 1.82) is 0 Å². The topological polar surface area (TPSA) is 49.3 Å². The molecule has 0 aromatic heterocycles. The van der Waals surface area contributed by atoms with E-state index in [-0.39, 0.29) is 13.2 Å². The summed E-state index contributed by atoms with van der Waals surface area (Å²) in [6.07, 6.45) is -3.97. The molecule has 0 radical (unpaired) electrons. The van der Waals surface area contributed by atoms with Gasteiger partial charge >= 0.3 is 0 Å². The summed E-state index contributed by atoms with van der Waals surface area (Å²) in [4.78, 5) is 4.87. The summed E-state index contributed by atoms with van der Waals surface area (Å²) in [6.45, 7) is 2.29. The van der Waals surface area contributed by atoms with Crippen LogP contribution in [0.25, 0.3) is 0 Å². The van der Waals surface area contributed by atoms with Gasteiger partial charge in [0, 0.05) is 0 Å². The minimum Gasteiger partial charge on any atom is -0.399 e. The van der Waals surface area contributed by atoms with Crippen LogP contribution < -0.4 is 0 Å². The fourth-order valence-electron chi connectivity index (χ4n) is 2.94. The summed E-state index contributed by atoms with van der Waals surface area (Å²) in [5.41, 5.74) is 2.27. The van der Waals surface area contributed by atoms with Crippen LogP contribution >= 0.6 is 0 Å². The summed E-state index contributed by atoms with van der Waals surface area (Å²) >= 11 is 0. The molecule has 0 spiro atoms. The molecule has 4 unspecified atom stereocenters. The van der Waals surface area contributed by atoms with Crippen LogP contribution in [0.3, 0.4) is 0 Å². The maximum atomic E-state index is 15.2. The van der Waals surface area contributed by atoms with Gasteiger partial charge in [-0.05, 0) is 18.1 Å². The lowest BCUT2D eigenvalue weighted by atomic mass is 10.0. The van der Waals surface area contributed by atoms with Gasteiger partial charge in [0.2, 0.25) is 0 Å². The summed E-state index contributed by atoms with van der Waals surface area (Å²) in [7, 11) is 1.42. The van der Waals surface area contributed by atoms with Crippen molar-refractivity contribution in [3.05, 3.63) is 71.8 Å². The Balaban J connectivity index is 1.69. The molecule has 2 aromatic rings. The highest BCUT2D eigenvalue weighted by atomic mass is 19.1. The van der Waals surface area contributed by atoms with Crippen molar-refractivity contribution < 1.29 is 23.4 Å². The molecule has 4 atom stereocenters. The monoisotopic (exact) mass is 373 g/mol. The van der Waals surface area contributed by atoms with Gasteiger partial charge in [-0.3, -0.25) is 0 Å². The van der Waals surface area contributed by atoms with Crippen molar-refractivity contribution in [1.82, 2.24) is 0 Å². The van der Waals surface area contributed by atoms with Crippen molar-refractivity contribution in [3.63, 3.8) is 0 Å². The van der Waals surface area contributed by atoms with Crippen molar-refractivity contribution in [2.45, 2.75) is 44.8 Å². The van der Waals surface area contributed by atoms with Crippen molar-refractivity contribution in [2.24, 2.45) is 5.16 Å². The molecule has 1 fully saturated rings. The highest BCUT2D eigenvalue weighted by Crippen LogP contribution is 2.26. The maximum absolute atomic E-state index is 15.2. The predicted octanol–water partition coefficient (Wildman–Crippen LogP) is 3.87. The standard InChI is InChI=1S/C21H24FNO4/c1-15-19(23-24-2)20(25-13-16-9-5-3-6-10-16)18(22)21(27-15)26-14-17-11-7-4-8-12-17/h3-12,15,18,20-21H,13-14H2,1-2H3/b23-19+. The lowest BCUT2D eigenvalue weighted by molar-refractivity contribution is -0.223. The minimum atomic E-state index is -1.53. The molecule has 0 N–H and O–H groups in total. The van der Waals surface area contributed by atoms with Gasteiger partial charge in [0.05, 0.1) is 13.2 Å². The molecule has 1 aliphatic rings. The molecular formula is C21H24FNO4. The summed E-state index contributed by atoms with van der Waals surface area (Å²) in [5.74, 6) is 0. The van der Waals surface area contributed by atoms with Gasteiger partial charge in [-0.2, -0.15) is 0 Å². The van der Waals surface area contributed by atoms with Crippen LogP contribution in [0.15, 0.2) is 65.8 Å². The average molecular weight is 373 g/mol. The third-order valence-electron chi connectivity index (χ3n) is 4.32. The number of hydrogen-bond donors (Lipinski definition) is 0. The Labute approximate surface area is 158 Å². The van der Waals surface area contributed by atoms with Crippen LogP contribution in [0.4, 0.5) is 4.39 Å². The predicted molar refractivity (Wildman–Crippen MR) is 99.9 cm³/mol. The lowest BCUT2D eigenvalue weighted by Gasteiger charge is -2.37. The van der Waals surface area contributed by atoms with Gasteiger partial charge in [0.1, 0.15) is 25.0 Å². The van der Waals surface area contributed by atoms with Crippen LogP contribution in [-0.2, 0) is 32.3 Å². The van der Waals surface area contributed by atoms with E-state index in [1.54, 1.807) is 6.92 Å². The Morgan fingerprint density at radius 1 is 0.926 bits per heavy atom. The fourth-order valence-corrected chi connectivity index (χ4v) is 2.94. The first-order chi connectivity index (χ1) is 13.2. The Hall–Kier alpha value is -2.28. The Kier molecular flexibility index (Phi) is 6.92. The van der Waals surface area contributed by atoms with E-state index in [1.807, 2.05) is 60.7 Å². The van der Waals surface area contributed by atoms with E-state index in [9.17, 15) is 0 Å². The van der Waals surface area contributed by atoms with E-state index >= 15 is 4.39 Å². The molecule has 0 amide bonds. The van der Waals surface area contributed by atoms with E-state index in [2.05, 4.69) is 5.16 Å². The molecule has 0 saturated carbocycles. The van der Waals surface area contributed by atoms with Gasteiger partial charge in [-0.15, -0.1) is 0 Å². The van der Waals surface area contributed by atoms with E-state index < -0.39 is 24.7 Å². The Morgan fingerprint density at radius 2 is 1.48 bits per heavy atom. The number of alkyl halides is 1. The normalized spacial score (nSPS) is 26.9. The second kappa shape index (κ2) is 9.60. The molecule has 1 aliphatic heterocycles. The molecule has 1 saturated heterocycles. The van der Waals surface area contributed by atoms with Crippen LogP contribution in [0.2, 0.25) is 0 Å². The highest BCUT2D eigenvalue weighted by Gasteiger charge is 2.44. The summed E-state index contributed by atoms with van der Waals surface area (Å²) in [6, 6.07) is 19.2. The van der Waals surface area contributed by atoms with Crippen LogP contribution in [0.5, 0.6) is 0 Å². The van der Waals surface area contributed by atoms with Gasteiger partial charge in [0.15, 0.2) is 12.5 Å². The number of oxime groups is 1. The zero-order chi connectivity index (χ0) is 19.1. The number of ether oxygens (including phenoxy) is 3. The van der Waals surface area contributed by atoms with Crippen LogP contribution in [0.1, 0.15) is 18.1 Å². The van der Waals surface area contributed by atoms with Crippen molar-refractivity contribution in [3.8, 4) is 0 Å². The number of hydrogen-bond acceptors (Lipinski definition) is 5.